The van der Waals surface area contributed by atoms with E-state index < -0.39 is 80.3 Å². The van der Waals surface area contributed by atoms with Crippen molar-refractivity contribution in [1.29, 1.82) is 0 Å². The molecule has 12 N–H and O–H groups in total. The molecule has 1 fully saturated rings. The van der Waals surface area contributed by atoms with E-state index in [4.69, 9.17) is 5.26 Å². The highest BCUT2D eigenvalue weighted by molar-refractivity contribution is 7.94. The van der Waals surface area contributed by atoms with E-state index in [1.165, 1.54) is 48.5 Å². The van der Waals surface area contributed by atoms with Crippen molar-refractivity contribution in [2.45, 2.75) is 34.8 Å². The quantitative estimate of drug-likeness (QED) is 0.0101. The van der Waals surface area contributed by atoms with E-state index in [0.29, 0.717) is 47.6 Å². The molecule has 1 aliphatic rings. The average Bonchev–Trinajstić information content (AvgIpc) is 4.34. The van der Waals surface area contributed by atoms with Gasteiger partial charge in [0.2, 0.25) is 31.9 Å². The lowest BCUT2D eigenvalue weighted by atomic mass is 10.1. The second-order valence-electron chi connectivity index (χ2n) is 19.2. The Labute approximate surface area is 491 Å². The number of aromatic amines is 1. The summed E-state index contributed by atoms with van der Waals surface area (Å²) < 4.78 is 64.0. The van der Waals surface area contributed by atoms with Crippen molar-refractivity contribution in [3.63, 3.8) is 0 Å². The third-order valence-electron chi connectivity index (χ3n) is 13.0. The number of carbonyl (C=O) groups excluding carboxylic acids is 3. The highest BCUT2D eigenvalue weighted by Gasteiger charge is 2.28. The molecule has 85 heavy (non-hydrogen) atoms. The van der Waals surface area contributed by atoms with Crippen molar-refractivity contribution in [2.75, 3.05) is 116 Å². The zero-order valence-corrected chi connectivity index (χ0v) is 48.0. The lowest BCUT2D eigenvalue weighted by Gasteiger charge is -2.33. The van der Waals surface area contributed by atoms with Crippen LogP contribution in [-0.2, 0) is 64.7 Å². The molecule has 5 aromatic rings. The third kappa shape index (κ3) is 21.7. The van der Waals surface area contributed by atoms with Crippen LogP contribution in [0.2, 0.25) is 0 Å². The molecule has 1 aliphatic heterocycles. The van der Waals surface area contributed by atoms with Crippen LogP contribution in [0.15, 0.2) is 95.1 Å². The SMILES string of the molecule is O=C(O)CN1CCN(CC(=O)O)CCN(CC(=O)NC(CSOOO)C(=O)NCCNS(=O)(=O)c2ccc(-c3ccc(S(=O)(=O)N[C@@H](CNC(=O)c4ccc5c(cnn5CCCNc5ncc[nH]5)c4)C(=O)O)cc3)cc2)CCN(CC(=O)O)CC1. The second kappa shape index (κ2) is 32.6. The second-order valence-corrected chi connectivity index (χ2v) is 23.3. The number of hydrogen-bond acceptors (Lipinski definition) is 22. The molecule has 0 saturated carbocycles. The van der Waals surface area contributed by atoms with Crippen LogP contribution in [0.5, 0.6) is 0 Å². The number of amides is 3. The van der Waals surface area contributed by atoms with E-state index in [1.807, 2.05) is 0 Å². The average molecular weight is 1250 g/mol. The van der Waals surface area contributed by atoms with Crippen molar-refractivity contribution in [3.05, 3.63) is 90.9 Å². The lowest BCUT2D eigenvalue weighted by molar-refractivity contribution is -0.432. The van der Waals surface area contributed by atoms with E-state index in [2.05, 4.69) is 55.2 Å². The Kier molecular flexibility index (Phi) is 25.5. The molecule has 2 atom stereocenters. The van der Waals surface area contributed by atoms with Gasteiger partial charge in [-0.05, 0) is 60.0 Å². The smallest absolute Gasteiger partial charge is 0.323 e. The highest BCUT2D eigenvalue weighted by Crippen LogP contribution is 2.24. The molecule has 462 valence electrons. The van der Waals surface area contributed by atoms with Gasteiger partial charge in [-0.3, -0.25) is 57.8 Å². The van der Waals surface area contributed by atoms with Gasteiger partial charge in [0, 0.05) is 120 Å². The number of rotatable bonds is 32. The predicted octanol–water partition coefficient (Wildman–Crippen LogP) is -1.49. The number of benzene rings is 3. The number of aromatic nitrogens is 4. The number of sulfonamides is 2. The molecule has 0 radical (unpaired) electrons. The molecular formula is C50H66N14O18S3. The summed E-state index contributed by atoms with van der Waals surface area (Å²) in [4.78, 5) is 100.0. The van der Waals surface area contributed by atoms with E-state index in [9.17, 15) is 70.8 Å². The Hall–Kier alpha value is -7.68. The Morgan fingerprint density at radius 2 is 1.22 bits per heavy atom. The largest absolute Gasteiger partial charge is 0.480 e. The van der Waals surface area contributed by atoms with Crippen molar-refractivity contribution in [1.82, 2.24) is 64.7 Å². The number of nitrogens with zero attached hydrogens (tertiary/aromatic N) is 7. The summed E-state index contributed by atoms with van der Waals surface area (Å²) in [6.07, 6.45) is 5.67. The first-order valence-electron chi connectivity index (χ1n) is 26.2. The molecule has 3 heterocycles. The number of H-pyrrole nitrogens is 1. The number of aryl methyl sites for hydroxylation is 1. The van der Waals surface area contributed by atoms with Gasteiger partial charge in [0.05, 0.1) is 53.4 Å². The van der Waals surface area contributed by atoms with Gasteiger partial charge in [0.15, 0.2) is 5.95 Å². The predicted molar refractivity (Wildman–Crippen MR) is 303 cm³/mol. The molecule has 35 heteroatoms. The molecule has 0 spiro atoms. The van der Waals surface area contributed by atoms with Crippen LogP contribution in [0.1, 0.15) is 16.8 Å². The number of anilines is 1. The molecule has 3 aromatic carbocycles. The number of hydrogen-bond donors (Lipinski definition) is 12. The minimum Gasteiger partial charge on any atom is -0.480 e. The lowest BCUT2D eigenvalue weighted by Crippen LogP contribution is -2.53. The number of aliphatic carboxylic acids is 4. The van der Waals surface area contributed by atoms with Gasteiger partial charge >= 0.3 is 23.9 Å². The minimum atomic E-state index is -4.45. The van der Waals surface area contributed by atoms with Crippen molar-refractivity contribution in [2.24, 2.45) is 0 Å². The molecule has 0 aliphatic carbocycles. The highest BCUT2D eigenvalue weighted by atomic mass is 32.2. The first-order chi connectivity index (χ1) is 40.6. The van der Waals surface area contributed by atoms with Crippen LogP contribution >= 0.6 is 12.0 Å². The van der Waals surface area contributed by atoms with Crippen LogP contribution in [0.4, 0.5) is 5.95 Å². The van der Waals surface area contributed by atoms with Crippen LogP contribution < -0.4 is 30.7 Å². The third-order valence-corrected chi connectivity index (χ3v) is 16.6. The molecule has 3 amide bonds. The number of nitrogens with one attached hydrogen (secondary N) is 7. The topological polar surface area (TPSA) is 439 Å². The van der Waals surface area contributed by atoms with E-state index in [-0.39, 0.29) is 113 Å². The zero-order chi connectivity index (χ0) is 61.5. The summed E-state index contributed by atoms with van der Waals surface area (Å²) in [5.74, 6) is -6.70. The van der Waals surface area contributed by atoms with Crippen LogP contribution in [0.25, 0.3) is 22.0 Å². The minimum absolute atomic E-state index is 0.113. The van der Waals surface area contributed by atoms with Crippen LogP contribution in [0.3, 0.4) is 0 Å². The van der Waals surface area contributed by atoms with E-state index in [1.54, 1.807) is 61.1 Å². The van der Waals surface area contributed by atoms with Crippen molar-refractivity contribution in [3.8, 4) is 11.1 Å². The van der Waals surface area contributed by atoms with Crippen molar-refractivity contribution >= 4 is 90.5 Å². The molecule has 1 saturated heterocycles. The maximum atomic E-state index is 13.5. The molecular weight excluding hydrogens is 1180 g/mol. The monoisotopic (exact) mass is 1250 g/mol. The first-order valence-corrected chi connectivity index (χ1v) is 30.1. The van der Waals surface area contributed by atoms with E-state index in [0.717, 1.165) is 11.9 Å². The van der Waals surface area contributed by atoms with Gasteiger partial charge < -0.3 is 46.7 Å². The maximum absolute atomic E-state index is 13.5. The Bertz CT molecular complexity index is 3250. The Morgan fingerprint density at radius 3 is 1.74 bits per heavy atom. The fourth-order valence-corrected chi connectivity index (χ4v) is 11.4. The number of fused-ring (bicyclic) bond motifs is 1. The molecule has 0 bridgehead atoms. The number of imidazole rings is 1. The summed E-state index contributed by atoms with van der Waals surface area (Å²) in [5, 5.41) is 66.4. The summed E-state index contributed by atoms with van der Waals surface area (Å²) in [6.45, 7) is -0.326. The molecule has 2 aromatic heterocycles. The number of carbonyl (C=O) groups is 7. The molecule has 6 rings (SSSR count). The van der Waals surface area contributed by atoms with Crippen LogP contribution in [0, 0.1) is 0 Å². The normalized spacial score (nSPS) is 15.2. The number of carboxylic acid groups (broad SMARTS) is 4. The summed E-state index contributed by atoms with van der Waals surface area (Å²) in [6, 6.07) is 12.6. The van der Waals surface area contributed by atoms with Gasteiger partial charge in [-0.1, -0.05) is 29.3 Å². The van der Waals surface area contributed by atoms with Crippen molar-refractivity contribution < 1.29 is 85.5 Å². The van der Waals surface area contributed by atoms with Gasteiger partial charge in [0.25, 0.3) is 5.91 Å². The fourth-order valence-electron chi connectivity index (χ4n) is 8.69. The number of carboxylic acids is 4. The standard InChI is InChI=1S/C50H66N14O18S3/c65-43(29-60-18-20-61(30-44(66)67)22-24-63(32-46(70)71)25-23-62(21-19-60)31-45(68)69)58-41(33-83-82-81-76)48(73)51-15-16-57-84(77,78)38-7-2-34(3-8-38)35-4-9-39(10-5-35)85(79,80)59-40(49(74)75)28-55-47(72)36-6-11-42-37(26-36)27-56-64(42)17-1-12-52-50-53-13-14-54-50/h2-11,13-14,26-27,40-41,57,59,76H,1,12,15-25,28-33H2,(H,51,73)(H,55,72)(H,58,65)(H,66,67)(H,68,69)(H,70,71)(H,74,75)(H2,52,53,54)/t40-,41?/m0/s1. The van der Waals surface area contributed by atoms with Gasteiger partial charge in [-0.2, -0.15) is 9.82 Å². The van der Waals surface area contributed by atoms with E-state index >= 15 is 0 Å². The first kappa shape index (κ1) is 66.5. The summed E-state index contributed by atoms with van der Waals surface area (Å²) in [7, 11) is -8.62. The summed E-state index contributed by atoms with van der Waals surface area (Å²) >= 11 is 0.454. The Morgan fingerprint density at radius 1 is 0.671 bits per heavy atom. The maximum Gasteiger partial charge on any atom is 0.323 e. The molecule has 32 nitrogen and oxygen atoms in total. The summed E-state index contributed by atoms with van der Waals surface area (Å²) in [5.41, 5.74) is 1.92. The van der Waals surface area contributed by atoms with Gasteiger partial charge in [0.1, 0.15) is 12.1 Å². The zero-order valence-electron chi connectivity index (χ0n) is 45.6. The molecule has 1 unspecified atom stereocenters. The fraction of sp³-hybridized carbons (Fsp3) is 0.420. The van der Waals surface area contributed by atoms with Gasteiger partial charge in [-0.15, -0.1) is 4.33 Å². The van der Waals surface area contributed by atoms with Gasteiger partial charge in [-0.25, -0.2) is 31.8 Å². The Balaban J connectivity index is 0.976. The van der Waals surface area contributed by atoms with Crippen LogP contribution in [-0.4, -0.2) is 246 Å².